The van der Waals surface area contributed by atoms with Crippen LogP contribution in [0, 0.1) is 0 Å². The molecule has 1 aromatic heterocycles. The van der Waals surface area contributed by atoms with Crippen molar-refractivity contribution in [2.75, 3.05) is 0 Å². The molecule has 0 radical (unpaired) electrons. The van der Waals surface area contributed by atoms with E-state index in [0.717, 1.165) is 23.1 Å². The Hall–Kier alpha value is -2.62. The Morgan fingerprint density at radius 3 is 2.57 bits per heavy atom. The van der Waals surface area contributed by atoms with Crippen LogP contribution >= 0.6 is 0 Å². The van der Waals surface area contributed by atoms with Gasteiger partial charge in [-0.2, -0.15) is 0 Å². The van der Waals surface area contributed by atoms with Crippen LogP contribution in [-0.4, -0.2) is 22.2 Å². The van der Waals surface area contributed by atoms with E-state index in [1.807, 2.05) is 50.2 Å². The average molecular weight is 311 g/mol. The summed E-state index contributed by atoms with van der Waals surface area (Å²) in [6, 6.07) is 11.7. The van der Waals surface area contributed by atoms with Crippen LogP contribution in [0.15, 0.2) is 48.2 Å². The quantitative estimate of drug-likeness (QED) is 0.821. The lowest BCUT2D eigenvalue weighted by Crippen LogP contribution is -2.09. The standard InChI is InChI=1S/C19H21NO3/c1-13(2)23-18-17(5-4-10-20-18)12-16-8-6-15(7-9-16)11-14(3)19(21)22/h4-11,13H,12H2,1-3H3,(H,21,22). The van der Waals surface area contributed by atoms with E-state index in [0.29, 0.717) is 11.5 Å². The van der Waals surface area contributed by atoms with Crippen molar-refractivity contribution in [2.24, 2.45) is 0 Å². The fourth-order valence-corrected chi connectivity index (χ4v) is 2.15. The Labute approximate surface area is 136 Å². The van der Waals surface area contributed by atoms with E-state index in [1.165, 1.54) is 0 Å². The number of nitrogens with zero attached hydrogens (tertiary/aromatic N) is 1. The van der Waals surface area contributed by atoms with Crippen LogP contribution in [0.5, 0.6) is 5.88 Å². The van der Waals surface area contributed by atoms with Crippen molar-refractivity contribution < 1.29 is 14.6 Å². The second-order valence-electron chi connectivity index (χ2n) is 5.69. The lowest BCUT2D eigenvalue weighted by molar-refractivity contribution is -0.132. The van der Waals surface area contributed by atoms with Gasteiger partial charge in [-0.25, -0.2) is 9.78 Å². The van der Waals surface area contributed by atoms with Crippen LogP contribution in [0.2, 0.25) is 0 Å². The van der Waals surface area contributed by atoms with Gasteiger partial charge >= 0.3 is 5.97 Å². The first kappa shape index (κ1) is 16.7. The zero-order valence-electron chi connectivity index (χ0n) is 13.6. The molecule has 0 saturated heterocycles. The molecule has 4 nitrogen and oxygen atoms in total. The van der Waals surface area contributed by atoms with Gasteiger partial charge in [-0.1, -0.05) is 30.3 Å². The van der Waals surface area contributed by atoms with Crippen LogP contribution in [0.3, 0.4) is 0 Å². The highest BCUT2D eigenvalue weighted by molar-refractivity contribution is 5.91. The first-order chi connectivity index (χ1) is 11.0. The summed E-state index contributed by atoms with van der Waals surface area (Å²) in [6.07, 6.45) is 4.18. The van der Waals surface area contributed by atoms with Crippen LogP contribution in [0.1, 0.15) is 37.5 Å². The van der Waals surface area contributed by atoms with E-state index in [4.69, 9.17) is 9.84 Å². The van der Waals surface area contributed by atoms with Crippen molar-refractivity contribution >= 4 is 12.0 Å². The lowest BCUT2D eigenvalue weighted by Gasteiger charge is -2.12. The summed E-state index contributed by atoms with van der Waals surface area (Å²) in [5.41, 5.74) is 3.35. The number of carboxylic acids is 1. The molecule has 2 rings (SSSR count). The number of benzene rings is 1. The molecular weight excluding hydrogens is 290 g/mol. The van der Waals surface area contributed by atoms with Gasteiger partial charge in [0.2, 0.25) is 5.88 Å². The number of hydrogen-bond donors (Lipinski definition) is 1. The van der Waals surface area contributed by atoms with E-state index in [9.17, 15) is 4.79 Å². The summed E-state index contributed by atoms with van der Waals surface area (Å²) in [7, 11) is 0. The molecule has 0 unspecified atom stereocenters. The van der Waals surface area contributed by atoms with Crippen molar-refractivity contribution in [2.45, 2.75) is 33.3 Å². The van der Waals surface area contributed by atoms with Gasteiger partial charge in [0.15, 0.2) is 0 Å². The molecule has 1 N–H and O–H groups in total. The number of pyridine rings is 1. The van der Waals surface area contributed by atoms with Gasteiger partial charge in [-0.05, 0) is 44.0 Å². The van der Waals surface area contributed by atoms with Gasteiger partial charge in [-0.15, -0.1) is 0 Å². The Balaban J connectivity index is 2.16. The summed E-state index contributed by atoms with van der Waals surface area (Å²) in [6.45, 7) is 5.54. The van der Waals surface area contributed by atoms with Gasteiger partial charge in [0.1, 0.15) is 0 Å². The molecular formula is C19H21NO3. The Kier molecular flexibility index (Phi) is 5.52. The zero-order chi connectivity index (χ0) is 16.8. The Bertz CT molecular complexity index is 703. The van der Waals surface area contributed by atoms with Gasteiger partial charge in [-0.3, -0.25) is 0 Å². The molecule has 0 aliphatic rings. The fraction of sp³-hybridized carbons (Fsp3) is 0.263. The van der Waals surface area contributed by atoms with E-state index < -0.39 is 5.97 Å². The SMILES string of the molecule is CC(=Cc1ccc(Cc2cccnc2OC(C)C)cc1)C(=O)O. The average Bonchev–Trinajstić information content (AvgIpc) is 2.50. The summed E-state index contributed by atoms with van der Waals surface area (Å²) in [5.74, 6) is -0.242. The van der Waals surface area contributed by atoms with Crippen molar-refractivity contribution in [3.8, 4) is 5.88 Å². The summed E-state index contributed by atoms with van der Waals surface area (Å²) < 4.78 is 5.73. The third-order valence-electron chi connectivity index (χ3n) is 3.29. The molecule has 0 amide bonds. The molecule has 1 heterocycles. The number of ether oxygens (including phenoxy) is 1. The minimum absolute atomic E-state index is 0.0788. The molecule has 0 spiro atoms. The highest BCUT2D eigenvalue weighted by atomic mass is 16.5. The third-order valence-corrected chi connectivity index (χ3v) is 3.29. The van der Waals surface area contributed by atoms with Crippen LogP contribution in [-0.2, 0) is 11.2 Å². The molecule has 1 aromatic carbocycles. The molecule has 23 heavy (non-hydrogen) atoms. The largest absolute Gasteiger partial charge is 0.478 e. The highest BCUT2D eigenvalue weighted by Gasteiger charge is 2.07. The van der Waals surface area contributed by atoms with Gasteiger partial charge in [0.05, 0.1) is 6.10 Å². The lowest BCUT2D eigenvalue weighted by atomic mass is 10.0. The normalized spacial score (nSPS) is 11.6. The maximum atomic E-state index is 10.8. The molecule has 4 heteroatoms. The molecule has 2 aromatic rings. The van der Waals surface area contributed by atoms with Crippen molar-refractivity contribution in [3.05, 3.63) is 64.9 Å². The van der Waals surface area contributed by atoms with Crippen LogP contribution < -0.4 is 4.74 Å². The van der Waals surface area contributed by atoms with E-state index in [1.54, 1.807) is 19.2 Å². The predicted molar refractivity (Wildman–Crippen MR) is 90.5 cm³/mol. The van der Waals surface area contributed by atoms with Gasteiger partial charge < -0.3 is 9.84 Å². The molecule has 0 aliphatic carbocycles. The predicted octanol–water partition coefficient (Wildman–Crippen LogP) is 3.95. The number of carbonyl (C=O) groups is 1. The van der Waals surface area contributed by atoms with E-state index in [2.05, 4.69) is 4.98 Å². The maximum Gasteiger partial charge on any atom is 0.331 e. The van der Waals surface area contributed by atoms with Crippen molar-refractivity contribution in [1.82, 2.24) is 4.98 Å². The molecule has 0 bridgehead atoms. The summed E-state index contributed by atoms with van der Waals surface area (Å²) in [5, 5.41) is 8.91. The smallest absolute Gasteiger partial charge is 0.331 e. The second-order valence-corrected chi connectivity index (χ2v) is 5.69. The first-order valence-electron chi connectivity index (χ1n) is 7.57. The number of aliphatic carboxylic acids is 1. The van der Waals surface area contributed by atoms with Crippen molar-refractivity contribution in [3.63, 3.8) is 0 Å². The molecule has 0 fully saturated rings. The molecule has 0 aliphatic heterocycles. The molecule has 0 atom stereocenters. The summed E-state index contributed by atoms with van der Waals surface area (Å²) >= 11 is 0. The minimum Gasteiger partial charge on any atom is -0.478 e. The number of rotatable bonds is 6. The van der Waals surface area contributed by atoms with E-state index in [-0.39, 0.29) is 6.10 Å². The third kappa shape index (κ3) is 4.95. The Morgan fingerprint density at radius 2 is 1.96 bits per heavy atom. The van der Waals surface area contributed by atoms with Gasteiger partial charge in [0.25, 0.3) is 0 Å². The second kappa shape index (κ2) is 7.58. The number of aromatic nitrogens is 1. The number of hydrogen-bond acceptors (Lipinski definition) is 3. The topological polar surface area (TPSA) is 59.4 Å². The van der Waals surface area contributed by atoms with Crippen LogP contribution in [0.4, 0.5) is 0 Å². The zero-order valence-corrected chi connectivity index (χ0v) is 13.6. The van der Waals surface area contributed by atoms with Crippen molar-refractivity contribution in [1.29, 1.82) is 0 Å². The molecule has 120 valence electrons. The van der Waals surface area contributed by atoms with Gasteiger partial charge in [0, 0.05) is 23.8 Å². The maximum absolute atomic E-state index is 10.8. The first-order valence-corrected chi connectivity index (χ1v) is 7.57. The fourth-order valence-electron chi connectivity index (χ4n) is 2.15. The van der Waals surface area contributed by atoms with E-state index >= 15 is 0 Å². The van der Waals surface area contributed by atoms with Crippen LogP contribution in [0.25, 0.3) is 6.08 Å². The monoisotopic (exact) mass is 311 g/mol. The number of carboxylic acid groups (broad SMARTS) is 1. The minimum atomic E-state index is -0.903. The highest BCUT2D eigenvalue weighted by Crippen LogP contribution is 2.20. The summed E-state index contributed by atoms with van der Waals surface area (Å²) in [4.78, 5) is 15.1. The molecule has 0 saturated carbocycles. The Morgan fingerprint density at radius 1 is 1.26 bits per heavy atom.